The van der Waals surface area contributed by atoms with Gasteiger partial charge in [-0.2, -0.15) is 0 Å². The molecule has 1 saturated heterocycles. The van der Waals surface area contributed by atoms with Crippen LogP contribution in [0.4, 0.5) is 0 Å². The van der Waals surface area contributed by atoms with Crippen molar-refractivity contribution >= 4 is 23.2 Å². The van der Waals surface area contributed by atoms with E-state index in [-0.39, 0.29) is 5.91 Å². The number of likely N-dealkylation sites (tertiary alicyclic amines) is 1. The lowest BCUT2D eigenvalue weighted by Gasteiger charge is -2.32. The Labute approximate surface area is 126 Å². The number of carbonyl (C=O) groups excluding carboxylic acids is 1. The van der Waals surface area contributed by atoms with Gasteiger partial charge in [0.15, 0.2) is 5.11 Å². The molecular formula is C16H22N2OS. The molecule has 0 atom stereocenters. The Morgan fingerprint density at radius 3 is 2.65 bits per heavy atom. The van der Waals surface area contributed by atoms with Gasteiger partial charge in [0.25, 0.3) is 0 Å². The maximum atomic E-state index is 12.1. The number of amides is 1. The van der Waals surface area contributed by atoms with Gasteiger partial charge in [-0.1, -0.05) is 31.2 Å². The number of thiocarbonyl (C=S) groups is 1. The smallest absolute Gasteiger partial charge is 0.230 e. The molecular weight excluding hydrogens is 268 g/mol. The normalized spacial score (nSPS) is 16.0. The third-order valence-electron chi connectivity index (χ3n) is 3.93. The molecule has 0 saturated carbocycles. The third-order valence-corrected chi connectivity index (χ3v) is 4.29. The first-order valence-electron chi connectivity index (χ1n) is 7.19. The molecule has 0 aromatic heterocycles. The zero-order valence-electron chi connectivity index (χ0n) is 12.2. The number of hydrogen-bond acceptors (Lipinski definition) is 2. The fraction of sp³-hybridized carbons (Fsp3) is 0.500. The summed E-state index contributed by atoms with van der Waals surface area (Å²) in [5.74, 6) is 0.736. The molecule has 1 N–H and O–H groups in total. The summed E-state index contributed by atoms with van der Waals surface area (Å²) in [5, 5.41) is 3.44. The number of aryl methyl sites for hydroxylation is 1. The van der Waals surface area contributed by atoms with E-state index < -0.39 is 0 Å². The first kappa shape index (κ1) is 15.0. The van der Waals surface area contributed by atoms with E-state index >= 15 is 0 Å². The molecule has 0 aliphatic carbocycles. The molecule has 2 rings (SSSR count). The first-order valence-corrected chi connectivity index (χ1v) is 7.60. The van der Waals surface area contributed by atoms with Gasteiger partial charge >= 0.3 is 0 Å². The van der Waals surface area contributed by atoms with E-state index in [1.165, 1.54) is 0 Å². The molecule has 1 heterocycles. The van der Waals surface area contributed by atoms with Gasteiger partial charge in [-0.05, 0) is 49.0 Å². The van der Waals surface area contributed by atoms with Gasteiger partial charge in [0.05, 0.1) is 6.42 Å². The van der Waals surface area contributed by atoms with E-state index in [1.807, 2.05) is 31.2 Å². The molecule has 20 heavy (non-hydrogen) atoms. The van der Waals surface area contributed by atoms with Crippen LogP contribution in [0.3, 0.4) is 0 Å². The summed E-state index contributed by atoms with van der Waals surface area (Å²) in [6, 6.07) is 7.95. The minimum absolute atomic E-state index is 0.0251. The Hall–Kier alpha value is -1.42. The van der Waals surface area contributed by atoms with Crippen molar-refractivity contribution in [2.75, 3.05) is 13.1 Å². The van der Waals surface area contributed by atoms with Crippen LogP contribution in [0, 0.1) is 12.8 Å². The van der Waals surface area contributed by atoms with E-state index in [2.05, 4.69) is 17.1 Å². The second-order valence-electron chi connectivity index (χ2n) is 5.63. The summed E-state index contributed by atoms with van der Waals surface area (Å²) in [6.07, 6.45) is 2.68. The quantitative estimate of drug-likeness (QED) is 0.850. The fourth-order valence-electron chi connectivity index (χ4n) is 2.44. The minimum Gasteiger partial charge on any atom is -0.349 e. The zero-order valence-corrected chi connectivity index (χ0v) is 13.0. The van der Waals surface area contributed by atoms with Gasteiger partial charge < -0.3 is 10.2 Å². The monoisotopic (exact) mass is 290 g/mol. The molecule has 0 radical (unpaired) electrons. The number of nitrogens with one attached hydrogen (secondary N) is 1. The average molecular weight is 290 g/mol. The third kappa shape index (κ3) is 4.04. The van der Waals surface area contributed by atoms with Crippen LogP contribution in [0.15, 0.2) is 24.3 Å². The number of benzene rings is 1. The number of hydrogen-bond donors (Lipinski definition) is 1. The molecule has 4 heteroatoms. The number of piperidine rings is 1. The lowest BCUT2D eigenvalue weighted by Crippen LogP contribution is -2.46. The number of carbonyl (C=O) groups is 1. The molecule has 0 spiro atoms. The highest BCUT2D eigenvalue weighted by Crippen LogP contribution is 2.16. The predicted octanol–water partition coefficient (Wildman–Crippen LogP) is 2.67. The van der Waals surface area contributed by atoms with Crippen molar-refractivity contribution in [3.63, 3.8) is 0 Å². The van der Waals surface area contributed by atoms with Crippen LogP contribution in [0.5, 0.6) is 0 Å². The van der Waals surface area contributed by atoms with Gasteiger partial charge in [0.1, 0.15) is 0 Å². The largest absolute Gasteiger partial charge is 0.349 e. The molecule has 3 nitrogen and oxygen atoms in total. The summed E-state index contributed by atoms with van der Waals surface area (Å²) < 4.78 is 0. The fourth-order valence-corrected chi connectivity index (χ4v) is 2.73. The summed E-state index contributed by atoms with van der Waals surface area (Å²) in [4.78, 5) is 14.2. The van der Waals surface area contributed by atoms with Gasteiger partial charge in [-0.3, -0.25) is 4.79 Å². The summed E-state index contributed by atoms with van der Waals surface area (Å²) in [5.41, 5.74) is 2.19. The van der Waals surface area contributed by atoms with E-state index in [0.717, 1.165) is 43.0 Å². The molecule has 1 amide bonds. The van der Waals surface area contributed by atoms with Crippen molar-refractivity contribution < 1.29 is 4.79 Å². The first-order chi connectivity index (χ1) is 9.56. The summed E-state index contributed by atoms with van der Waals surface area (Å²) >= 11 is 5.33. The highest BCUT2D eigenvalue weighted by atomic mass is 32.1. The highest BCUT2D eigenvalue weighted by molar-refractivity contribution is 7.80. The van der Waals surface area contributed by atoms with Crippen LogP contribution in [0.2, 0.25) is 0 Å². The lowest BCUT2D eigenvalue weighted by molar-refractivity contribution is -0.119. The van der Waals surface area contributed by atoms with E-state index in [1.54, 1.807) is 0 Å². The Kier molecular flexibility index (Phi) is 5.12. The molecule has 0 bridgehead atoms. The molecule has 1 fully saturated rings. The van der Waals surface area contributed by atoms with E-state index in [9.17, 15) is 4.79 Å². The average Bonchev–Trinajstić information content (AvgIpc) is 2.42. The van der Waals surface area contributed by atoms with Gasteiger partial charge in [0.2, 0.25) is 5.91 Å². The van der Waals surface area contributed by atoms with E-state index in [0.29, 0.717) is 11.5 Å². The summed E-state index contributed by atoms with van der Waals surface area (Å²) in [6.45, 7) is 6.18. The van der Waals surface area contributed by atoms with Gasteiger partial charge in [0, 0.05) is 13.1 Å². The van der Waals surface area contributed by atoms with Crippen LogP contribution in [-0.2, 0) is 11.2 Å². The van der Waals surface area contributed by atoms with Crippen molar-refractivity contribution in [1.29, 1.82) is 0 Å². The van der Waals surface area contributed by atoms with Crippen molar-refractivity contribution in [3.8, 4) is 0 Å². The molecule has 0 unspecified atom stereocenters. The molecule has 1 aromatic carbocycles. The zero-order chi connectivity index (χ0) is 14.5. The van der Waals surface area contributed by atoms with Crippen LogP contribution >= 0.6 is 12.2 Å². The second kappa shape index (κ2) is 6.84. The van der Waals surface area contributed by atoms with Crippen molar-refractivity contribution in [2.45, 2.75) is 33.1 Å². The molecule has 1 aromatic rings. The van der Waals surface area contributed by atoms with Crippen LogP contribution in [0.1, 0.15) is 30.9 Å². The van der Waals surface area contributed by atoms with Crippen LogP contribution in [0.25, 0.3) is 0 Å². The molecule has 1 aliphatic heterocycles. The molecule has 1 aliphatic rings. The topological polar surface area (TPSA) is 32.3 Å². The van der Waals surface area contributed by atoms with Crippen molar-refractivity contribution in [1.82, 2.24) is 10.2 Å². The van der Waals surface area contributed by atoms with Crippen LogP contribution in [-0.4, -0.2) is 29.0 Å². The Balaban J connectivity index is 1.85. The maximum absolute atomic E-state index is 12.1. The summed E-state index contributed by atoms with van der Waals surface area (Å²) in [7, 11) is 0. The Morgan fingerprint density at radius 2 is 2.00 bits per heavy atom. The van der Waals surface area contributed by atoms with Crippen LogP contribution < -0.4 is 5.32 Å². The van der Waals surface area contributed by atoms with Gasteiger partial charge in [-0.25, -0.2) is 0 Å². The molecule has 108 valence electrons. The SMILES string of the molecule is Cc1ccccc1CC(=O)NC(=S)N1CCC(C)CC1. The lowest BCUT2D eigenvalue weighted by atomic mass is 10.00. The number of rotatable bonds is 2. The Morgan fingerprint density at radius 1 is 1.35 bits per heavy atom. The van der Waals surface area contributed by atoms with E-state index in [4.69, 9.17) is 12.2 Å². The van der Waals surface area contributed by atoms with Crippen molar-refractivity contribution in [2.24, 2.45) is 5.92 Å². The Bertz CT molecular complexity index is 493. The highest BCUT2D eigenvalue weighted by Gasteiger charge is 2.19. The predicted molar refractivity (Wildman–Crippen MR) is 85.6 cm³/mol. The standard InChI is InChI=1S/C16H22N2OS/c1-12-7-9-18(10-8-12)16(20)17-15(19)11-14-6-4-3-5-13(14)2/h3-6,12H,7-11H2,1-2H3,(H,17,19,20). The second-order valence-corrected chi connectivity index (χ2v) is 6.01. The number of nitrogens with zero attached hydrogens (tertiary/aromatic N) is 1. The van der Waals surface area contributed by atoms with Crippen molar-refractivity contribution in [3.05, 3.63) is 35.4 Å². The van der Waals surface area contributed by atoms with Gasteiger partial charge in [-0.15, -0.1) is 0 Å². The maximum Gasteiger partial charge on any atom is 0.230 e. The minimum atomic E-state index is -0.0251.